The van der Waals surface area contributed by atoms with Gasteiger partial charge >= 0.3 is 0 Å². The summed E-state index contributed by atoms with van der Waals surface area (Å²) in [6, 6.07) is 5.81. The van der Waals surface area contributed by atoms with Gasteiger partial charge in [-0.15, -0.1) is 0 Å². The van der Waals surface area contributed by atoms with Gasteiger partial charge in [-0.1, -0.05) is 12.1 Å². The molecule has 82 valence electrons. The maximum Gasteiger partial charge on any atom is 0.180 e. The summed E-state index contributed by atoms with van der Waals surface area (Å²) in [6.07, 6.45) is 0. The number of Topliss-reactive ketones (excluding diaryl/α,β-unsaturated/α-hetero) is 1. The summed E-state index contributed by atoms with van der Waals surface area (Å²) >= 11 is 0. The Kier molecular flexibility index (Phi) is 3.60. The van der Waals surface area contributed by atoms with E-state index < -0.39 is 16.4 Å². The molecule has 0 bridgehead atoms. The molecule has 0 saturated heterocycles. The molecule has 15 heavy (non-hydrogen) atoms. The molecule has 5 heteroatoms. The number of ketones is 1. The Labute approximate surface area is 88.5 Å². The van der Waals surface area contributed by atoms with E-state index in [-0.39, 0.29) is 16.4 Å². The van der Waals surface area contributed by atoms with E-state index >= 15 is 0 Å². The van der Waals surface area contributed by atoms with Gasteiger partial charge in [-0.05, 0) is 19.1 Å². The molecule has 0 atom stereocenters. The summed E-state index contributed by atoms with van der Waals surface area (Å²) in [4.78, 5) is 11.1. The van der Waals surface area contributed by atoms with Crippen LogP contribution in [-0.4, -0.2) is 31.7 Å². The Balaban J connectivity index is 3.16. The number of carbonyl (C=O) groups excluding carboxylic acids is 1. The largest absolute Gasteiger partial charge is 0.395 e. The Morgan fingerprint density at radius 1 is 1.40 bits per heavy atom. The zero-order chi connectivity index (χ0) is 11.5. The Morgan fingerprint density at radius 3 is 2.60 bits per heavy atom. The van der Waals surface area contributed by atoms with Gasteiger partial charge in [-0.3, -0.25) is 4.79 Å². The van der Waals surface area contributed by atoms with Gasteiger partial charge in [0, 0.05) is 5.56 Å². The average molecular weight is 228 g/mol. The summed E-state index contributed by atoms with van der Waals surface area (Å²) in [5, 5.41) is 8.60. The molecule has 1 aromatic carbocycles. The third-order valence-corrected chi connectivity index (χ3v) is 3.65. The quantitative estimate of drug-likeness (QED) is 0.768. The van der Waals surface area contributed by atoms with Crippen LogP contribution in [0.15, 0.2) is 29.2 Å². The Morgan fingerprint density at radius 2 is 2.07 bits per heavy atom. The van der Waals surface area contributed by atoms with Crippen molar-refractivity contribution < 1.29 is 18.3 Å². The number of rotatable bonds is 4. The Hall–Kier alpha value is -1.20. The number of carbonyl (C=O) groups is 1. The van der Waals surface area contributed by atoms with Crippen LogP contribution in [0.4, 0.5) is 0 Å². The lowest BCUT2D eigenvalue weighted by Gasteiger charge is -2.03. The minimum absolute atomic E-state index is 0.0734. The summed E-state index contributed by atoms with van der Waals surface area (Å²) < 4.78 is 23.1. The van der Waals surface area contributed by atoms with Crippen molar-refractivity contribution in [3.05, 3.63) is 29.8 Å². The smallest absolute Gasteiger partial charge is 0.180 e. The van der Waals surface area contributed by atoms with E-state index in [1.165, 1.54) is 25.1 Å². The fourth-order valence-corrected chi connectivity index (χ4v) is 2.22. The highest BCUT2D eigenvalue weighted by molar-refractivity contribution is 7.91. The van der Waals surface area contributed by atoms with Crippen LogP contribution in [0.2, 0.25) is 0 Å². The summed E-state index contributed by atoms with van der Waals surface area (Å²) in [5.74, 6) is -0.509. The second kappa shape index (κ2) is 4.55. The van der Waals surface area contributed by atoms with Crippen LogP contribution in [0.5, 0.6) is 0 Å². The van der Waals surface area contributed by atoms with E-state index in [2.05, 4.69) is 0 Å². The minimum atomic E-state index is -3.47. The van der Waals surface area contributed by atoms with Crippen molar-refractivity contribution in [2.75, 3.05) is 12.4 Å². The highest BCUT2D eigenvalue weighted by atomic mass is 32.2. The average Bonchev–Trinajstić information content (AvgIpc) is 2.18. The van der Waals surface area contributed by atoms with E-state index in [1.54, 1.807) is 6.07 Å². The molecule has 0 spiro atoms. The van der Waals surface area contributed by atoms with Crippen LogP contribution in [-0.2, 0) is 9.84 Å². The number of benzene rings is 1. The van der Waals surface area contributed by atoms with Crippen molar-refractivity contribution in [3.63, 3.8) is 0 Å². The molecule has 0 unspecified atom stereocenters. The molecule has 1 aromatic rings. The van der Waals surface area contributed by atoms with Crippen LogP contribution in [0.3, 0.4) is 0 Å². The van der Waals surface area contributed by atoms with Crippen molar-refractivity contribution in [1.82, 2.24) is 0 Å². The van der Waals surface area contributed by atoms with Gasteiger partial charge in [0.25, 0.3) is 0 Å². The lowest BCUT2D eigenvalue weighted by molar-refractivity contribution is 0.101. The maximum absolute atomic E-state index is 11.5. The molecule has 0 fully saturated rings. The standard InChI is InChI=1S/C10H12O4S/c1-8(12)9-3-2-4-10(7-9)15(13,14)6-5-11/h2-4,7,11H,5-6H2,1H3. The predicted molar refractivity (Wildman–Crippen MR) is 55.6 cm³/mol. The highest BCUT2D eigenvalue weighted by Crippen LogP contribution is 2.13. The third-order valence-electron chi connectivity index (χ3n) is 1.96. The topological polar surface area (TPSA) is 71.4 Å². The first-order valence-electron chi connectivity index (χ1n) is 4.42. The molecule has 0 aliphatic heterocycles. The highest BCUT2D eigenvalue weighted by Gasteiger charge is 2.14. The van der Waals surface area contributed by atoms with Gasteiger partial charge in [0.1, 0.15) is 0 Å². The number of aliphatic hydroxyl groups excluding tert-OH is 1. The second-order valence-corrected chi connectivity index (χ2v) is 5.24. The number of hydrogen-bond donors (Lipinski definition) is 1. The predicted octanol–water partition coefficient (Wildman–Crippen LogP) is 0.655. The molecule has 0 amide bonds. The first-order chi connectivity index (χ1) is 6.97. The number of hydrogen-bond acceptors (Lipinski definition) is 4. The van der Waals surface area contributed by atoms with E-state index in [0.717, 1.165) is 0 Å². The number of sulfone groups is 1. The third kappa shape index (κ3) is 2.87. The lowest BCUT2D eigenvalue weighted by Crippen LogP contribution is -2.10. The lowest BCUT2D eigenvalue weighted by atomic mass is 10.2. The molecule has 0 aromatic heterocycles. The first kappa shape index (κ1) is 11.9. The van der Waals surface area contributed by atoms with Gasteiger partial charge in [-0.2, -0.15) is 0 Å². The summed E-state index contributed by atoms with van der Waals surface area (Å²) in [6.45, 7) is 0.949. The molecular formula is C10H12O4S. The van der Waals surface area contributed by atoms with Gasteiger partial charge in [-0.25, -0.2) is 8.42 Å². The monoisotopic (exact) mass is 228 g/mol. The maximum atomic E-state index is 11.5. The van der Waals surface area contributed by atoms with Crippen molar-refractivity contribution in [2.24, 2.45) is 0 Å². The van der Waals surface area contributed by atoms with E-state index in [0.29, 0.717) is 5.56 Å². The molecular weight excluding hydrogens is 216 g/mol. The van der Waals surface area contributed by atoms with E-state index in [4.69, 9.17) is 5.11 Å². The van der Waals surface area contributed by atoms with E-state index in [9.17, 15) is 13.2 Å². The van der Waals surface area contributed by atoms with Crippen LogP contribution in [0.1, 0.15) is 17.3 Å². The molecule has 1 rings (SSSR count). The molecule has 0 saturated carbocycles. The molecule has 0 aliphatic carbocycles. The van der Waals surface area contributed by atoms with Gasteiger partial charge in [0.15, 0.2) is 15.6 Å². The second-order valence-electron chi connectivity index (χ2n) is 3.13. The van der Waals surface area contributed by atoms with Crippen molar-refractivity contribution in [1.29, 1.82) is 0 Å². The molecule has 4 nitrogen and oxygen atoms in total. The van der Waals surface area contributed by atoms with Crippen molar-refractivity contribution in [2.45, 2.75) is 11.8 Å². The fourth-order valence-electron chi connectivity index (χ4n) is 1.15. The van der Waals surface area contributed by atoms with Crippen LogP contribution in [0, 0.1) is 0 Å². The van der Waals surface area contributed by atoms with Gasteiger partial charge in [0.05, 0.1) is 17.3 Å². The Bertz CT molecular complexity index is 462. The summed E-state index contributed by atoms with van der Waals surface area (Å²) in [5.41, 5.74) is 0.356. The number of aliphatic hydroxyl groups is 1. The summed E-state index contributed by atoms with van der Waals surface area (Å²) in [7, 11) is -3.47. The fraction of sp³-hybridized carbons (Fsp3) is 0.300. The first-order valence-corrected chi connectivity index (χ1v) is 6.07. The zero-order valence-electron chi connectivity index (χ0n) is 8.30. The molecule has 1 N–H and O–H groups in total. The van der Waals surface area contributed by atoms with Gasteiger partial charge < -0.3 is 5.11 Å². The SMILES string of the molecule is CC(=O)c1cccc(S(=O)(=O)CCO)c1. The zero-order valence-corrected chi connectivity index (χ0v) is 9.12. The molecule has 0 aliphatic rings. The van der Waals surface area contributed by atoms with Crippen molar-refractivity contribution in [3.8, 4) is 0 Å². The normalized spacial score (nSPS) is 11.3. The molecule has 0 radical (unpaired) electrons. The van der Waals surface area contributed by atoms with Gasteiger partial charge in [0.2, 0.25) is 0 Å². The van der Waals surface area contributed by atoms with Crippen LogP contribution >= 0.6 is 0 Å². The van der Waals surface area contributed by atoms with Crippen LogP contribution < -0.4 is 0 Å². The van der Waals surface area contributed by atoms with E-state index in [1.807, 2.05) is 0 Å². The van der Waals surface area contributed by atoms with Crippen molar-refractivity contribution >= 4 is 15.6 Å². The molecule has 0 heterocycles. The minimum Gasteiger partial charge on any atom is -0.395 e. The van der Waals surface area contributed by atoms with Crippen LogP contribution in [0.25, 0.3) is 0 Å².